The number of fused-ring (bicyclic) bond motifs is 2. The highest BCUT2D eigenvalue weighted by atomic mass is 32.2. The fraction of sp³-hybridized carbons (Fsp3) is 0.242. The molecule has 448 valence electrons. The van der Waals surface area contributed by atoms with Crippen molar-refractivity contribution in [2.75, 3.05) is 72.4 Å². The molecular formula is C66H64FN6O12S2+. The van der Waals surface area contributed by atoms with Crippen LogP contribution in [0.25, 0.3) is 10.9 Å². The van der Waals surface area contributed by atoms with Crippen LogP contribution in [-0.4, -0.2) is 112 Å². The average molecular weight is 1220 g/mol. The monoisotopic (exact) mass is 1220 g/mol. The predicted octanol–water partition coefficient (Wildman–Crippen LogP) is 9.71. The van der Waals surface area contributed by atoms with E-state index in [1.807, 2.05) is 146 Å². The number of anilines is 1. The molecule has 4 heterocycles. The topological polar surface area (TPSA) is 191 Å². The third-order valence-corrected chi connectivity index (χ3v) is 16.3. The number of nitrogens with zero attached hydrogens (tertiary/aromatic N) is 4. The van der Waals surface area contributed by atoms with Crippen LogP contribution in [-0.2, 0) is 68.2 Å². The number of allylic oxidation sites excluding steroid dienone is 2. The van der Waals surface area contributed by atoms with Crippen LogP contribution in [0.5, 0.6) is 17.2 Å². The molecule has 8 aromatic rings. The first kappa shape index (κ1) is 61.1. The Hall–Kier alpha value is -8.96. The molecule has 10 rings (SSSR count). The van der Waals surface area contributed by atoms with Gasteiger partial charge in [0.1, 0.15) is 47.3 Å². The molecule has 2 atom stereocenters. The standard InChI is InChI=1S/C66H63FN6O12S2/c1-77-33-35-80-43-83-56-38-46(37-53(67)60(56)84-44-81-36-34-78-2)40-85-71-57(54-42-87-65(68-54)70-66(49-20-7-4-8-21-49,50-22-9-5-10-23-50)51-24-11-6-12-25-51)61(74)69-58-62(75)73-59(64(76)82-39-45-27-29-52(79-3)30-28-45)48(41-86-63(58)73)19-16-32-72-31-15-18-47-17-13-14-26-55(47)72/h4-31,37-38,42,58,63H,32-36,39-41,43-44H2,1-3H3,(H-,68,69,70,74)/p+1. The lowest BCUT2D eigenvalue weighted by Crippen LogP contribution is -2.71. The minimum atomic E-state index is -1.13. The molecule has 2 aliphatic heterocycles. The van der Waals surface area contributed by atoms with Crippen molar-refractivity contribution in [1.29, 1.82) is 0 Å². The van der Waals surface area contributed by atoms with Crippen molar-refractivity contribution >= 4 is 62.6 Å². The van der Waals surface area contributed by atoms with Crippen LogP contribution in [0.3, 0.4) is 0 Å². The molecule has 2 aromatic heterocycles. The summed E-state index contributed by atoms with van der Waals surface area (Å²) in [6.45, 7) is 0.483. The van der Waals surface area contributed by atoms with E-state index in [-0.39, 0.29) is 74.2 Å². The predicted molar refractivity (Wildman–Crippen MR) is 327 cm³/mol. The largest absolute Gasteiger partial charge is 0.497 e. The molecule has 1 fully saturated rings. The number of pyridine rings is 1. The fourth-order valence-corrected chi connectivity index (χ4v) is 12.0. The van der Waals surface area contributed by atoms with Gasteiger partial charge >= 0.3 is 5.97 Å². The van der Waals surface area contributed by atoms with Gasteiger partial charge in [0, 0.05) is 42.9 Å². The van der Waals surface area contributed by atoms with Crippen LogP contribution in [0.4, 0.5) is 9.52 Å². The van der Waals surface area contributed by atoms with Crippen molar-refractivity contribution in [1.82, 2.24) is 15.2 Å². The van der Waals surface area contributed by atoms with Crippen molar-refractivity contribution in [2.45, 2.75) is 36.7 Å². The van der Waals surface area contributed by atoms with Gasteiger partial charge < -0.3 is 53.4 Å². The number of oxime groups is 1. The number of nitrogens with one attached hydrogen (secondary N) is 2. The van der Waals surface area contributed by atoms with E-state index >= 15 is 9.18 Å². The second-order valence-electron chi connectivity index (χ2n) is 19.7. The number of hydrogen-bond donors (Lipinski definition) is 2. The summed E-state index contributed by atoms with van der Waals surface area (Å²) in [5.74, 6) is -2.17. The number of β-lactam (4-membered cyclic amide) rings is 1. The number of rotatable bonds is 30. The first-order valence-corrected chi connectivity index (χ1v) is 29.8. The summed E-state index contributed by atoms with van der Waals surface area (Å²) in [4.78, 5) is 56.4. The second-order valence-corrected chi connectivity index (χ2v) is 21.7. The molecule has 1 saturated heterocycles. The summed E-state index contributed by atoms with van der Waals surface area (Å²) in [5, 5.41) is 13.5. The molecule has 0 radical (unpaired) electrons. The molecule has 2 unspecified atom stereocenters. The van der Waals surface area contributed by atoms with Gasteiger partial charge in [-0.05, 0) is 75.9 Å². The number of methoxy groups -OCH3 is 3. The molecule has 6 aromatic carbocycles. The molecule has 0 saturated carbocycles. The number of amides is 2. The average Bonchev–Trinajstić information content (AvgIpc) is 2.34. The first-order valence-electron chi connectivity index (χ1n) is 27.8. The zero-order valence-electron chi connectivity index (χ0n) is 48.0. The van der Waals surface area contributed by atoms with Crippen molar-refractivity contribution < 1.29 is 66.1 Å². The Morgan fingerprint density at radius 3 is 2.08 bits per heavy atom. The van der Waals surface area contributed by atoms with E-state index in [2.05, 4.69) is 20.4 Å². The number of halogens is 1. The number of para-hydroxylation sites is 1. The van der Waals surface area contributed by atoms with Gasteiger partial charge in [0.2, 0.25) is 5.52 Å². The van der Waals surface area contributed by atoms with Crippen LogP contribution in [0.2, 0.25) is 0 Å². The van der Waals surface area contributed by atoms with E-state index in [0.717, 1.165) is 27.6 Å². The van der Waals surface area contributed by atoms with Gasteiger partial charge in [0.25, 0.3) is 11.8 Å². The summed E-state index contributed by atoms with van der Waals surface area (Å²) in [7, 11) is 4.63. The third kappa shape index (κ3) is 14.7. The molecule has 0 aliphatic carbocycles. The Morgan fingerprint density at radius 2 is 1.41 bits per heavy atom. The summed E-state index contributed by atoms with van der Waals surface area (Å²) in [5.41, 5.74) is 4.20. The molecule has 18 nitrogen and oxygen atoms in total. The zero-order valence-corrected chi connectivity index (χ0v) is 49.6. The lowest BCUT2D eigenvalue weighted by atomic mass is 9.77. The highest BCUT2D eigenvalue weighted by Crippen LogP contribution is 2.43. The quantitative estimate of drug-likeness (QED) is 0.00632. The van der Waals surface area contributed by atoms with Crippen LogP contribution in [0.1, 0.15) is 33.5 Å². The Kier molecular flexibility index (Phi) is 21.0. The minimum Gasteiger partial charge on any atom is -0.497 e. The third-order valence-electron chi connectivity index (χ3n) is 14.2. The SMILES string of the molecule is COCCOCOc1cc(CON=C(C(=O)NC2C(=O)N3C(C(=O)OCc4ccc(OC)cc4)=C(C=CC[n+]4cccc5ccccc54)CSC23)c2csc(NC(c3ccccc3)(c3ccccc3)c3ccccc3)n2)cc(F)c1OCOCCOC. The Balaban J connectivity index is 0.956. The maximum absolute atomic E-state index is 16.0. The van der Waals surface area contributed by atoms with E-state index in [1.54, 1.807) is 36.8 Å². The van der Waals surface area contributed by atoms with Gasteiger partial charge in [-0.25, -0.2) is 14.2 Å². The number of carbonyl (C=O) groups is 3. The summed E-state index contributed by atoms with van der Waals surface area (Å²) in [6, 6.07) is 50.6. The number of thioether (sulfide) groups is 1. The maximum atomic E-state index is 16.0. The number of esters is 1. The second kappa shape index (κ2) is 29.9. The van der Waals surface area contributed by atoms with Crippen molar-refractivity contribution in [3.05, 3.63) is 238 Å². The normalized spacial score (nSPS) is 15.0. The molecule has 0 spiro atoms. The zero-order chi connectivity index (χ0) is 60.4. The lowest BCUT2D eigenvalue weighted by Gasteiger charge is -2.49. The molecule has 0 bridgehead atoms. The summed E-state index contributed by atoms with van der Waals surface area (Å²) >= 11 is 2.61. The Bertz CT molecular complexity index is 3620. The van der Waals surface area contributed by atoms with E-state index in [9.17, 15) is 9.59 Å². The highest BCUT2D eigenvalue weighted by Gasteiger charge is 2.54. The van der Waals surface area contributed by atoms with Crippen LogP contribution < -0.4 is 29.4 Å². The van der Waals surface area contributed by atoms with E-state index in [4.69, 9.17) is 47.7 Å². The minimum absolute atomic E-state index is 0.0179. The molecular weight excluding hydrogens is 1150 g/mol. The van der Waals surface area contributed by atoms with E-state index in [1.165, 1.54) is 54.4 Å². The number of benzene rings is 6. The van der Waals surface area contributed by atoms with Gasteiger partial charge in [-0.1, -0.05) is 126 Å². The van der Waals surface area contributed by atoms with Gasteiger partial charge in [0.15, 0.2) is 54.5 Å². The van der Waals surface area contributed by atoms with Crippen molar-refractivity contribution in [3.63, 3.8) is 0 Å². The first-order chi connectivity index (χ1) is 42.7. The van der Waals surface area contributed by atoms with Gasteiger partial charge in [-0.3, -0.25) is 14.5 Å². The van der Waals surface area contributed by atoms with Crippen molar-refractivity contribution in [2.24, 2.45) is 5.16 Å². The van der Waals surface area contributed by atoms with Gasteiger partial charge in [0.05, 0.1) is 33.5 Å². The maximum Gasteiger partial charge on any atom is 0.355 e. The number of ether oxygens (including phenoxy) is 8. The molecule has 87 heavy (non-hydrogen) atoms. The lowest BCUT2D eigenvalue weighted by molar-refractivity contribution is -0.661. The number of carbonyl (C=O) groups excluding carboxylic acids is 3. The molecule has 21 heteroatoms. The molecule has 2 amide bonds. The number of hydrogen-bond acceptors (Lipinski definition) is 17. The van der Waals surface area contributed by atoms with Gasteiger partial charge in [-0.15, -0.1) is 23.1 Å². The summed E-state index contributed by atoms with van der Waals surface area (Å²) < 4.78 is 61.8. The number of thiazole rings is 1. The highest BCUT2D eigenvalue weighted by molar-refractivity contribution is 8.00. The van der Waals surface area contributed by atoms with E-state index in [0.29, 0.717) is 47.5 Å². The Labute approximate surface area is 511 Å². The molecule has 2 aliphatic rings. The fourth-order valence-electron chi connectivity index (χ4n) is 9.91. The van der Waals surface area contributed by atoms with Crippen LogP contribution in [0.15, 0.2) is 204 Å². The molecule has 2 N–H and O–H groups in total. The van der Waals surface area contributed by atoms with Crippen molar-refractivity contribution in [3.8, 4) is 17.2 Å². The van der Waals surface area contributed by atoms with Crippen LogP contribution >= 0.6 is 23.1 Å². The van der Waals surface area contributed by atoms with Crippen LogP contribution in [0, 0.1) is 5.82 Å². The smallest absolute Gasteiger partial charge is 0.355 e. The van der Waals surface area contributed by atoms with E-state index < -0.39 is 40.6 Å². The Morgan fingerprint density at radius 1 is 0.770 bits per heavy atom. The number of aromatic nitrogens is 2. The summed E-state index contributed by atoms with van der Waals surface area (Å²) in [6.07, 6.45) is 5.76. The van der Waals surface area contributed by atoms with Gasteiger partial charge in [-0.2, -0.15) is 4.57 Å².